The molecular weight excluding hydrogens is 410 g/mol. The van der Waals surface area contributed by atoms with E-state index in [0.29, 0.717) is 13.0 Å². The number of hydrogen-bond acceptors (Lipinski definition) is 4. The largest absolute Gasteiger partial charge is 0.461 e. The maximum absolute atomic E-state index is 13.0. The minimum atomic E-state index is -0.324. The summed E-state index contributed by atoms with van der Waals surface area (Å²) in [6.07, 6.45) is 0.569. The summed E-state index contributed by atoms with van der Waals surface area (Å²) in [7, 11) is 0. The fourth-order valence-electron chi connectivity index (χ4n) is 3.49. The maximum atomic E-state index is 13.0. The van der Waals surface area contributed by atoms with E-state index in [1.54, 1.807) is 0 Å². The molecule has 166 valence electrons. The van der Waals surface area contributed by atoms with Crippen LogP contribution in [-0.2, 0) is 22.6 Å². The monoisotopic (exact) mass is 437 g/mol. The number of benzene rings is 4. The second kappa shape index (κ2) is 11.5. The maximum Gasteiger partial charge on any atom is 0.311 e. The minimum absolute atomic E-state index is 0.216. The van der Waals surface area contributed by atoms with E-state index in [-0.39, 0.29) is 18.5 Å². The van der Waals surface area contributed by atoms with Crippen molar-refractivity contribution in [1.82, 2.24) is 0 Å². The Kier molecular flexibility index (Phi) is 7.74. The highest BCUT2D eigenvalue weighted by atomic mass is 16.5. The molecule has 0 radical (unpaired) electrons. The van der Waals surface area contributed by atoms with Crippen molar-refractivity contribution >= 4 is 11.7 Å². The summed E-state index contributed by atoms with van der Waals surface area (Å²) in [5, 5.41) is 3.36. The van der Waals surface area contributed by atoms with Crippen LogP contribution in [0.4, 0.5) is 5.69 Å². The molecule has 0 aliphatic rings. The van der Waals surface area contributed by atoms with Crippen molar-refractivity contribution < 1.29 is 14.3 Å². The third-order valence-corrected chi connectivity index (χ3v) is 5.27. The fraction of sp³-hybridized carbons (Fsp3) is 0.138. The molecule has 4 heteroatoms. The molecule has 4 rings (SSSR count). The third kappa shape index (κ3) is 6.97. The normalized spacial score (nSPS) is 11.4. The fourth-order valence-corrected chi connectivity index (χ4v) is 3.49. The summed E-state index contributed by atoms with van der Waals surface area (Å²) < 4.78 is 11.5. The Balaban J connectivity index is 1.41. The van der Waals surface area contributed by atoms with Gasteiger partial charge in [0.1, 0.15) is 18.1 Å². The summed E-state index contributed by atoms with van der Waals surface area (Å²) in [6.45, 7) is 0.755. The Hall–Kier alpha value is -4.05. The van der Waals surface area contributed by atoms with E-state index in [9.17, 15) is 4.79 Å². The minimum Gasteiger partial charge on any atom is -0.461 e. The number of para-hydroxylation sites is 2. The predicted molar refractivity (Wildman–Crippen MR) is 131 cm³/mol. The van der Waals surface area contributed by atoms with Gasteiger partial charge in [0.15, 0.2) is 0 Å². The zero-order valence-corrected chi connectivity index (χ0v) is 18.4. The van der Waals surface area contributed by atoms with Crippen molar-refractivity contribution in [2.24, 2.45) is 5.92 Å². The molecule has 4 nitrogen and oxygen atoms in total. The Morgan fingerprint density at radius 3 is 1.91 bits per heavy atom. The van der Waals surface area contributed by atoms with Gasteiger partial charge in [0.05, 0.1) is 5.92 Å². The Labute approximate surface area is 194 Å². The number of carbonyl (C=O) groups excluding carboxylic acids is 1. The van der Waals surface area contributed by atoms with Crippen LogP contribution in [0.15, 0.2) is 115 Å². The van der Waals surface area contributed by atoms with E-state index in [0.717, 1.165) is 28.3 Å². The summed E-state index contributed by atoms with van der Waals surface area (Å²) >= 11 is 0. The van der Waals surface area contributed by atoms with Crippen LogP contribution < -0.4 is 10.1 Å². The molecule has 0 heterocycles. The first-order chi connectivity index (χ1) is 16.3. The Morgan fingerprint density at radius 2 is 1.24 bits per heavy atom. The molecule has 0 bridgehead atoms. The highest BCUT2D eigenvalue weighted by molar-refractivity contribution is 5.73. The number of rotatable bonds is 10. The van der Waals surface area contributed by atoms with E-state index in [4.69, 9.17) is 9.47 Å². The topological polar surface area (TPSA) is 47.6 Å². The smallest absolute Gasteiger partial charge is 0.311 e. The van der Waals surface area contributed by atoms with Gasteiger partial charge in [-0.1, -0.05) is 78.9 Å². The number of hydrogen-bond donors (Lipinski definition) is 1. The molecule has 33 heavy (non-hydrogen) atoms. The Morgan fingerprint density at radius 1 is 0.667 bits per heavy atom. The van der Waals surface area contributed by atoms with Gasteiger partial charge in [-0.25, -0.2) is 0 Å². The van der Waals surface area contributed by atoms with Gasteiger partial charge in [-0.05, 0) is 53.9 Å². The lowest BCUT2D eigenvalue weighted by Crippen LogP contribution is -2.27. The molecule has 0 amide bonds. The first kappa shape index (κ1) is 22.2. The van der Waals surface area contributed by atoms with Gasteiger partial charge in [-0.3, -0.25) is 4.79 Å². The molecule has 0 aliphatic heterocycles. The average Bonchev–Trinajstić information content (AvgIpc) is 2.88. The molecule has 1 atom stereocenters. The lowest BCUT2D eigenvalue weighted by Gasteiger charge is -2.18. The molecule has 1 unspecified atom stereocenters. The molecule has 0 spiro atoms. The summed E-state index contributed by atoms with van der Waals surface area (Å²) in [5.74, 6) is 1.01. The number of nitrogens with one attached hydrogen (secondary N) is 1. The number of anilines is 1. The molecule has 1 N–H and O–H groups in total. The van der Waals surface area contributed by atoms with Gasteiger partial charge in [0.25, 0.3) is 0 Å². The second-order valence-electron chi connectivity index (χ2n) is 7.80. The van der Waals surface area contributed by atoms with Crippen LogP contribution in [0.2, 0.25) is 0 Å². The molecule has 0 saturated heterocycles. The van der Waals surface area contributed by atoms with Gasteiger partial charge in [-0.15, -0.1) is 0 Å². The highest BCUT2D eigenvalue weighted by Crippen LogP contribution is 2.22. The first-order valence-corrected chi connectivity index (χ1v) is 11.1. The van der Waals surface area contributed by atoms with E-state index < -0.39 is 0 Å². The molecule has 4 aromatic rings. The summed E-state index contributed by atoms with van der Waals surface area (Å²) in [4.78, 5) is 13.0. The van der Waals surface area contributed by atoms with Crippen LogP contribution in [0.5, 0.6) is 11.5 Å². The zero-order chi connectivity index (χ0) is 22.7. The van der Waals surface area contributed by atoms with Gasteiger partial charge in [0.2, 0.25) is 0 Å². The van der Waals surface area contributed by atoms with E-state index in [1.807, 2.05) is 115 Å². The molecule has 0 fully saturated rings. The molecular formula is C29H27NO3. The standard InChI is InChI=1S/C29H27NO3/c31-29(32-22-24-10-4-1-5-11-24)25(21-30-26-12-6-2-7-13-26)20-23-16-18-28(19-17-23)33-27-14-8-3-9-15-27/h1-19,25,30H,20-22H2. The van der Waals surface area contributed by atoms with Crippen molar-refractivity contribution in [1.29, 1.82) is 0 Å². The van der Waals surface area contributed by atoms with Gasteiger partial charge in [-0.2, -0.15) is 0 Å². The van der Waals surface area contributed by atoms with Crippen molar-refractivity contribution in [3.05, 3.63) is 126 Å². The van der Waals surface area contributed by atoms with Crippen molar-refractivity contribution in [2.75, 3.05) is 11.9 Å². The quantitative estimate of drug-likeness (QED) is 0.288. The van der Waals surface area contributed by atoms with E-state index in [1.165, 1.54) is 0 Å². The van der Waals surface area contributed by atoms with Crippen molar-refractivity contribution in [2.45, 2.75) is 13.0 Å². The number of esters is 1. The number of ether oxygens (including phenoxy) is 2. The average molecular weight is 438 g/mol. The lowest BCUT2D eigenvalue weighted by molar-refractivity contribution is -0.149. The SMILES string of the molecule is O=C(OCc1ccccc1)C(CNc1ccccc1)Cc1ccc(Oc2ccccc2)cc1. The zero-order valence-electron chi connectivity index (χ0n) is 18.4. The van der Waals surface area contributed by atoms with Crippen LogP contribution in [0.1, 0.15) is 11.1 Å². The first-order valence-electron chi connectivity index (χ1n) is 11.1. The van der Waals surface area contributed by atoms with Crippen LogP contribution in [0.25, 0.3) is 0 Å². The molecule has 0 saturated carbocycles. The van der Waals surface area contributed by atoms with Crippen molar-refractivity contribution in [3.63, 3.8) is 0 Å². The van der Waals surface area contributed by atoms with E-state index >= 15 is 0 Å². The summed E-state index contributed by atoms with van der Waals surface area (Å²) in [6, 6.07) is 37.1. The number of carbonyl (C=O) groups is 1. The van der Waals surface area contributed by atoms with Crippen LogP contribution in [0.3, 0.4) is 0 Å². The Bertz CT molecular complexity index is 1110. The molecule has 4 aromatic carbocycles. The van der Waals surface area contributed by atoms with Gasteiger partial charge in [0, 0.05) is 12.2 Å². The van der Waals surface area contributed by atoms with Gasteiger partial charge >= 0.3 is 5.97 Å². The van der Waals surface area contributed by atoms with E-state index in [2.05, 4.69) is 5.32 Å². The molecule has 0 aromatic heterocycles. The second-order valence-corrected chi connectivity index (χ2v) is 7.80. The lowest BCUT2D eigenvalue weighted by atomic mass is 9.99. The van der Waals surface area contributed by atoms with Crippen molar-refractivity contribution in [3.8, 4) is 11.5 Å². The van der Waals surface area contributed by atoms with Gasteiger partial charge < -0.3 is 14.8 Å². The predicted octanol–water partition coefficient (Wildman–Crippen LogP) is 6.49. The van der Waals surface area contributed by atoms with Crippen LogP contribution in [0, 0.1) is 5.92 Å². The molecule has 0 aliphatic carbocycles. The van der Waals surface area contributed by atoms with Crippen LogP contribution >= 0.6 is 0 Å². The highest BCUT2D eigenvalue weighted by Gasteiger charge is 2.21. The third-order valence-electron chi connectivity index (χ3n) is 5.27. The van der Waals surface area contributed by atoms with Crippen LogP contribution in [-0.4, -0.2) is 12.5 Å². The summed E-state index contributed by atoms with van der Waals surface area (Å²) in [5.41, 5.74) is 3.00.